The van der Waals surface area contributed by atoms with Crippen LogP contribution in [-0.2, 0) is 4.79 Å². The van der Waals surface area contributed by atoms with Crippen molar-refractivity contribution in [2.24, 2.45) is 5.41 Å². The number of carbonyl (C=O) groups excluding carboxylic acids is 1. The summed E-state index contributed by atoms with van der Waals surface area (Å²) >= 11 is 0. The van der Waals surface area contributed by atoms with Gasteiger partial charge in [-0.25, -0.2) is 0 Å². The molecule has 3 nitrogen and oxygen atoms in total. The van der Waals surface area contributed by atoms with E-state index in [1.165, 1.54) is 36.5 Å². The summed E-state index contributed by atoms with van der Waals surface area (Å²) in [5, 5.41) is 12.4. The Morgan fingerprint density at radius 3 is 2.55 bits per heavy atom. The molecule has 0 fully saturated rings. The van der Waals surface area contributed by atoms with E-state index in [9.17, 15) is 9.90 Å². The Kier molecular flexibility index (Phi) is 7.83. The standard InChI is InChI=1S/C26H33NO2/c1-19(15-16-22-21(3)12-9-17-26(22,4)5)10-8-11-20(2)18-25(29)27-23-13-6-7-14-24(23)28/h6-8,10-11,13-16,18,28H,9,12,17H2,1-5H3,(H,27,29)/b11-8+,16-15+,19-10+,20-18+. The molecule has 3 heteroatoms. The maximum absolute atomic E-state index is 12.1. The second kappa shape index (κ2) is 10.1. The average molecular weight is 392 g/mol. The lowest BCUT2D eigenvalue weighted by atomic mass is 9.72. The van der Waals surface area contributed by atoms with Crippen LogP contribution in [0, 0.1) is 5.41 Å². The Labute approximate surface area is 175 Å². The van der Waals surface area contributed by atoms with Gasteiger partial charge in [0.1, 0.15) is 5.75 Å². The van der Waals surface area contributed by atoms with Gasteiger partial charge >= 0.3 is 0 Å². The van der Waals surface area contributed by atoms with Gasteiger partial charge in [0.05, 0.1) is 5.69 Å². The summed E-state index contributed by atoms with van der Waals surface area (Å²) in [7, 11) is 0. The van der Waals surface area contributed by atoms with Crippen LogP contribution < -0.4 is 5.32 Å². The Bertz CT molecular complexity index is 895. The van der Waals surface area contributed by atoms with Crippen LogP contribution in [0.4, 0.5) is 5.69 Å². The van der Waals surface area contributed by atoms with Gasteiger partial charge in [-0.1, -0.05) is 67.5 Å². The molecule has 1 amide bonds. The van der Waals surface area contributed by atoms with Crippen LogP contribution >= 0.6 is 0 Å². The van der Waals surface area contributed by atoms with Crippen molar-refractivity contribution in [1.82, 2.24) is 0 Å². The number of hydrogen-bond donors (Lipinski definition) is 2. The number of hydrogen-bond acceptors (Lipinski definition) is 2. The first-order valence-corrected chi connectivity index (χ1v) is 10.2. The summed E-state index contributed by atoms with van der Waals surface area (Å²) in [5.41, 5.74) is 5.59. The first-order valence-electron chi connectivity index (χ1n) is 10.2. The summed E-state index contributed by atoms with van der Waals surface area (Å²) in [4.78, 5) is 12.1. The van der Waals surface area contributed by atoms with Gasteiger partial charge < -0.3 is 10.4 Å². The summed E-state index contributed by atoms with van der Waals surface area (Å²) in [6.45, 7) is 10.8. The topological polar surface area (TPSA) is 49.3 Å². The highest BCUT2D eigenvalue weighted by atomic mass is 16.3. The number of amides is 1. The zero-order chi connectivity index (χ0) is 21.4. The van der Waals surface area contributed by atoms with E-state index in [1.807, 2.05) is 25.2 Å². The highest BCUT2D eigenvalue weighted by Crippen LogP contribution is 2.40. The quantitative estimate of drug-likeness (QED) is 0.316. The van der Waals surface area contributed by atoms with Crippen molar-refractivity contribution in [2.45, 2.75) is 53.9 Å². The van der Waals surface area contributed by atoms with Crippen molar-refractivity contribution >= 4 is 11.6 Å². The third kappa shape index (κ3) is 6.94. The normalized spacial score (nSPS) is 18.0. The summed E-state index contributed by atoms with van der Waals surface area (Å²) in [5.74, 6) is -0.213. The number of para-hydroxylation sites is 2. The van der Waals surface area contributed by atoms with Crippen molar-refractivity contribution in [2.75, 3.05) is 5.32 Å². The number of phenols is 1. The maximum atomic E-state index is 12.1. The van der Waals surface area contributed by atoms with Crippen LogP contribution in [0.15, 0.2) is 83.0 Å². The number of rotatable bonds is 6. The minimum Gasteiger partial charge on any atom is -0.506 e. The smallest absolute Gasteiger partial charge is 0.248 e. The largest absolute Gasteiger partial charge is 0.506 e. The molecule has 0 aliphatic heterocycles. The number of nitrogens with one attached hydrogen (secondary N) is 1. The minimum absolute atomic E-state index is 0.0549. The van der Waals surface area contributed by atoms with Crippen LogP contribution in [0.5, 0.6) is 5.75 Å². The van der Waals surface area contributed by atoms with E-state index in [1.54, 1.807) is 24.3 Å². The van der Waals surface area contributed by atoms with E-state index in [2.05, 4.69) is 45.2 Å². The molecule has 0 aromatic heterocycles. The van der Waals surface area contributed by atoms with E-state index in [-0.39, 0.29) is 17.1 Å². The molecule has 29 heavy (non-hydrogen) atoms. The lowest BCUT2D eigenvalue weighted by Gasteiger charge is -2.32. The van der Waals surface area contributed by atoms with Crippen LogP contribution in [0.25, 0.3) is 0 Å². The van der Waals surface area contributed by atoms with Gasteiger partial charge in [0, 0.05) is 6.08 Å². The number of anilines is 1. The molecule has 0 unspecified atom stereocenters. The van der Waals surface area contributed by atoms with E-state index >= 15 is 0 Å². The molecule has 2 rings (SSSR count). The van der Waals surface area contributed by atoms with E-state index in [0.717, 1.165) is 11.1 Å². The molecule has 0 radical (unpaired) electrons. The molecule has 1 aromatic carbocycles. The Balaban J connectivity index is 1.98. The van der Waals surface area contributed by atoms with Crippen LogP contribution in [0.1, 0.15) is 53.9 Å². The molecular formula is C26H33NO2. The van der Waals surface area contributed by atoms with E-state index in [4.69, 9.17) is 0 Å². The number of carbonyl (C=O) groups is 1. The molecule has 0 bridgehead atoms. The lowest BCUT2D eigenvalue weighted by molar-refractivity contribution is -0.112. The molecular weight excluding hydrogens is 358 g/mol. The molecule has 1 aromatic rings. The Morgan fingerprint density at radius 2 is 1.86 bits per heavy atom. The van der Waals surface area contributed by atoms with Crippen molar-refractivity contribution in [3.63, 3.8) is 0 Å². The number of phenolic OH excluding ortho intramolecular Hbond substituents is 1. The summed E-state index contributed by atoms with van der Waals surface area (Å²) in [6.07, 6.45) is 15.5. The molecule has 0 spiro atoms. The van der Waals surface area contributed by atoms with Gasteiger partial charge in [0.25, 0.3) is 0 Å². The van der Waals surface area contributed by atoms with Gasteiger partial charge in [0.15, 0.2) is 0 Å². The highest BCUT2D eigenvalue weighted by molar-refractivity contribution is 6.00. The van der Waals surface area contributed by atoms with Gasteiger partial charge in [-0.3, -0.25) is 4.79 Å². The fourth-order valence-electron chi connectivity index (χ4n) is 3.64. The zero-order valence-corrected chi connectivity index (χ0v) is 18.3. The van der Waals surface area contributed by atoms with Crippen LogP contribution in [-0.4, -0.2) is 11.0 Å². The Hall–Kier alpha value is -2.81. The fourth-order valence-corrected chi connectivity index (χ4v) is 3.64. The number of benzene rings is 1. The predicted octanol–water partition coefficient (Wildman–Crippen LogP) is 6.86. The molecule has 0 saturated carbocycles. The van der Waals surface area contributed by atoms with Gasteiger partial charge in [-0.05, 0) is 68.7 Å². The van der Waals surface area contributed by atoms with Gasteiger partial charge in [-0.15, -0.1) is 0 Å². The average Bonchev–Trinajstić information content (AvgIpc) is 2.62. The SMILES string of the molecule is CC1=C(/C=C/C(C)=C/C=C/C(C)=C/C(=O)Nc2ccccc2O)C(C)(C)CCC1. The highest BCUT2D eigenvalue weighted by Gasteiger charge is 2.26. The van der Waals surface area contributed by atoms with E-state index < -0.39 is 0 Å². The zero-order valence-electron chi connectivity index (χ0n) is 18.3. The third-order valence-corrected chi connectivity index (χ3v) is 5.29. The molecule has 2 N–H and O–H groups in total. The van der Waals surface area contributed by atoms with Crippen LogP contribution in [0.2, 0.25) is 0 Å². The summed E-state index contributed by atoms with van der Waals surface area (Å²) in [6, 6.07) is 6.68. The summed E-state index contributed by atoms with van der Waals surface area (Å²) < 4.78 is 0. The van der Waals surface area contributed by atoms with Gasteiger partial charge in [-0.2, -0.15) is 0 Å². The van der Waals surface area contributed by atoms with Crippen molar-refractivity contribution in [3.8, 4) is 5.75 Å². The Morgan fingerprint density at radius 1 is 1.14 bits per heavy atom. The molecule has 0 atom stereocenters. The van der Waals surface area contributed by atoms with E-state index in [0.29, 0.717) is 5.69 Å². The predicted molar refractivity (Wildman–Crippen MR) is 123 cm³/mol. The van der Waals surface area contributed by atoms with Crippen LogP contribution in [0.3, 0.4) is 0 Å². The van der Waals surface area contributed by atoms with Crippen molar-refractivity contribution in [3.05, 3.63) is 83.0 Å². The molecule has 1 aliphatic rings. The van der Waals surface area contributed by atoms with Crippen molar-refractivity contribution in [1.29, 1.82) is 0 Å². The second-order valence-corrected chi connectivity index (χ2v) is 8.43. The minimum atomic E-state index is -0.267. The first-order chi connectivity index (χ1) is 13.7. The lowest BCUT2D eigenvalue weighted by Crippen LogP contribution is -2.19. The van der Waals surface area contributed by atoms with Gasteiger partial charge in [0.2, 0.25) is 5.91 Å². The van der Waals surface area contributed by atoms with Crippen molar-refractivity contribution < 1.29 is 9.90 Å². The maximum Gasteiger partial charge on any atom is 0.248 e. The molecule has 0 saturated heterocycles. The molecule has 154 valence electrons. The molecule has 0 heterocycles. The fraction of sp³-hybridized carbons (Fsp3) is 0.346. The monoisotopic (exact) mass is 391 g/mol. The second-order valence-electron chi connectivity index (χ2n) is 8.43. The third-order valence-electron chi connectivity index (χ3n) is 5.29. The molecule has 1 aliphatic carbocycles. The first kappa shape index (κ1) is 22.5. The number of aromatic hydroxyl groups is 1. The number of allylic oxidation sites excluding steroid dienone is 9.